The van der Waals surface area contributed by atoms with Gasteiger partial charge in [-0.1, -0.05) is 31.2 Å². The highest BCUT2D eigenvalue weighted by molar-refractivity contribution is 5.64. The van der Waals surface area contributed by atoms with E-state index in [1.807, 2.05) is 48.5 Å². The molecule has 0 atom stereocenters. The zero-order chi connectivity index (χ0) is 16.8. The number of nitrogens with zero attached hydrogens (tertiary/aromatic N) is 1. The van der Waals surface area contributed by atoms with Crippen LogP contribution in [0, 0.1) is 16.7 Å². The molecule has 2 aromatic carbocycles. The first-order valence-electron chi connectivity index (χ1n) is 8.14. The average Bonchev–Trinajstić information content (AvgIpc) is 2.61. The van der Waals surface area contributed by atoms with Crippen LogP contribution in [0.3, 0.4) is 0 Å². The van der Waals surface area contributed by atoms with Gasteiger partial charge in [0.2, 0.25) is 0 Å². The van der Waals surface area contributed by atoms with E-state index in [1.54, 1.807) is 0 Å². The maximum Gasteiger partial charge on any atom is 0.189 e. The normalized spacial score (nSPS) is 15.3. The fraction of sp³-hybridized carbons (Fsp3) is 0.350. The monoisotopic (exact) mass is 323 g/mol. The molecule has 0 aliphatic carbocycles. The van der Waals surface area contributed by atoms with Crippen LogP contribution in [-0.2, 0) is 9.47 Å². The Labute approximate surface area is 142 Å². The van der Waals surface area contributed by atoms with Gasteiger partial charge in [0.1, 0.15) is 5.75 Å². The van der Waals surface area contributed by atoms with Gasteiger partial charge in [-0.25, -0.2) is 0 Å². The summed E-state index contributed by atoms with van der Waals surface area (Å²) in [6.45, 7) is 4.64. The quantitative estimate of drug-likeness (QED) is 0.571. The Kier molecular flexibility index (Phi) is 5.14. The summed E-state index contributed by atoms with van der Waals surface area (Å²) in [5.74, 6) is 0.780. The Hall–Kier alpha value is -2.35. The Balaban J connectivity index is 1.50. The number of hydrogen-bond acceptors (Lipinski definition) is 4. The van der Waals surface area contributed by atoms with E-state index in [9.17, 15) is 0 Å². The Bertz CT molecular complexity index is 692. The lowest BCUT2D eigenvalue weighted by Gasteiger charge is -2.40. The number of ether oxygens (including phenoxy) is 3. The second-order valence-electron chi connectivity index (χ2n) is 6.17. The van der Waals surface area contributed by atoms with E-state index in [0.29, 0.717) is 12.2 Å². The van der Waals surface area contributed by atoms with Crippen molar-refractivity contribution in [3.05, 3.63) is 54.1 Å². The molecule has 0 amide bonds. The lowest BCUT2D eigenvalue weighted by Crippen LogP contribution is -2.45. The molecule has 1 fully saturated rings. The molecule has 0 radical (unpaired) electrons. The summed E-state index contributed by atoms with van der Waals surface area (Å²) in [5.41, 5.74) is 3.01. The highest BCUT2D eigenvalue weighted by atomic mass is 16.7. The van der Waals surface area contributed by atoms with E-state index < -0.39 is 0 Å². The molecule has 1 aliphatic heterocycles. The van der Waals surface area contributed by atoms with Crippen molar-refractivity contribution in [1.82, 2.24) is 0 Å². The number of hydrogen-bond donors (Lipinski definition) is 0. The standard InChI is InChI=1S/C20H21NO3/c1-2-20(12-22-13-20)14-23-15-24-19-9-7-18(8-10-19)17-5-3-16(11-21)4-6-17/h3-10H,2,12-15H2,1H3. The van der Waals surface area contributed by atoms with Gasteiger partial charge in [-0.15, -0.1) is 0 Å². The summed E-state index contributed by atoms with van der Waals surface area (Å²) in [6.07, 6.45) is 1.06. The van der Waals surface area contributed by atoms with Crippen molar-refractivity contribution in [3.8, 4) is 22.9 Å². The minimum atomic E-state index is 0.183. The molecular weight excluding hydrogens is 302 g/mol. The van der Waals surface area contributed by atoms with Crippen LogP contribution in [0.4, 0.5) is 0 Å². The highest BCUT2D eigenvalue weighted by Crippen LogP contribution is 2.31. The lowest BCUT2D eigenvalue weighted by molar-refractivity contribution is -0.162. The van der Waals surface area contributed by atoms with Gasteiger partial charge in [0.15, 0.2) is 6.79 Å². The third-order valence-corrected chi connectivity index (χ3v) is 4.49. The van der Waals surface area contributed by atoms with Crippen molar-refractivity contribution < 1.29 is 14.2 Å². The molecule has 1 heterocycles. The summed E-state index contributed by atoms with van der Waals surface area (Å²) in [4.78, 5) is 0. The second kappa shape index (κ2) is 7.48. The molecule has 4 nitrogen and oxygen atoms in total. The van der Waals surface area contributed by atoms with Crippen LogP contribution in [0.2, 0.25) is 0 Å². The topological polar surface area (TPSA) is 51.5 Å². The van der Waals surface area contributed by atoms with Gasteiger partial charge in [-0.05, 0) is 41.8 Å². The zero-order valence-electron chi connectivity index (χ0n) is 13.8. The van der Waals surface area contributed by atoms with Crippen molar-refractivity contribution in [2.75, 3.05) is 26.6 Å². The molecule has 1 aliphatic rings. The maximum absolute atomic E-state index is 8.84. The van der Waals surface area contributed by atoms with E-state index in [1.165, 1.54) is 0 Å². The molecule has 4 heteroatoms. The van der Waals surface area contributed by atoms with Crippen LogP contribution < -0.4 is 4.74 Å². The van der Waals surface area contributed by atoms with Crippen LogP contribution in [-0.4, -0.2) is 26.6 Å². The first-order chi connectivity index (χ1) is 11.7. The molecule has 124 valence electrons. The van der Waals surface area contributed by atoms with Crippen LogP contribution in [0.1, 0.15) is 18.9 Å². The minimum Gasteiger partial charge on any atom is -0.468 e. The number of nitriles is 1. The van der Waals surface area contributed by atoms with Gasteiger partial charge in [-0.3, -0.25) is 0 Å². The van der Waals surface area contributed by atoms with E-state index in [4.69, 9.17) is 19.5 Å². The molecule has 0 saturated carbocycles. The summed E-state index contributed by atoms with van der Waals surface area (Å²) < 4.78 is 16.6. The van der Waals surface area contributed by atoms with Crippen molar-refractivity contribution in [2.45, 2.75) is 13.3 Å². The largest absolute Gasteiger partial charge is 0.468 e. The van der Waals surface area contributed by atoms with Gasteiger partial charge < -0.3 is 14.2 Å². The van der Waals surface area contributed by atoms with Gasteiger partial charge in [0.05, 0.1) is 31.5 Å². The van der Waals surface area contributed by atoms with Gasteiger partial charge >= 0.3 is 0 Å². The molecule has 1 saturated heterocycles. The summed E-state index contributed by atoms with van der Waals surface area (Å²) in [7, 11) is 0. The summed E-state index contributed by atoms with van der Waals surface area (Å²) >= 11 is 0. The molecule has 0 N–H and O–H groups in total. The van der Waals surface area contributed by atoms with Crippen molar-refractivity contribution in [1.29, 1.82) is 5.26 Å². The molecule has 0 unspecified atom stereocenters. The Morgan fingerprint density at radius 1 is 1.04 bits per heavy atom. The third-order valence-electron chi connectivity index (χ3n) is 4.49. The van der Waals surface area contributed by atoms with E-state index >= 15 is 0 Å². The smallest absolute Gasteiger partial charge is 0.189 e. The predicted octanol–water partition coefficient (Wildman–Crippen LogP) is 4.00. The van der Waals surface area contributed by atoms with Gasteiger partial charge in [-0.2, -0.15) is 5.26 Å². The van der Waals surface area contributed by atoms with Crippen molar-refractivity contribution in [2.24, 2.45) is 5.41 Å². The van der Waals surface area contributed by atoms with E-state index in [0.717, 1.165) is 36.5 Å². The number of rotatable bonds is 7. The highest BCUT2D eigenvalue weighted by Gasteiger charge is 2.36. The van der Waals surface area contributed by atoms with Gasteiger partial charge in [0, 0.05) is 5.41 Å². The number of benzene rings is 2. The fourth-order valence-corrected chi connectivity index (χ4v) is 2.63. The first-order valence-corrected chi connectivity index (χ1v) is 8.14. The zero-order valence-corrected chi connectivity index (χ0v) is 13.8. The molecule has 3 rings (SSSR count). The molecule has 2 aromatic rings. The van der Waals surface area contributed by atoms with Crippen LogP contribution in [0.15, 0.2) is 48.5 Å². The lowest BCUT2D eigenvalue weighted by atomic mass is 9.84. The maximum atomic E-state index is 8.84. The van der Waals surface area contributed by atoms with Gasteiger partial charge in [0.25, 0.3) is 0 Å². The fourth-order valence-electron chi connectivity index (χ4n) is 2.63. The Morgan fingerprint density at radius 2 is 1.67 bits per heavy atom. The molecule has 0 aromatic heterocycles. The molecule has 24 heavy (non-hydrogen) atoms. The van der Waals surface area contributed by atoms with Crippen LogP contribution >= 0.6 is 0 Å². The molecular formula is C20H21NO3. The minimum absolute atomic E-state index is 0.183. The average molecular weight is 323 g/mol. The SMILES string of the molecule is CCC1(COCOc2ccc(-c3ccc(C#N)cc3)cc2)COC1. The summed E-state index contributed by atoms with van der Waals surface area (Å²) in [5, 5.41) is 8.84. The van der Waals surface area contributed by atoms with E-state index in [2.05, 4.69) is 13.0 Å². The van der Waals surface area contributed by atoms with Crippen molar-refractivity contribution >= 4 is 0 Å². The van der Waals surface area contributed by atoms with Crippen LogP contribution in [0.25, 0.3) is 11.1 Å². The van der Waals surface area contributed by atoms with E-state index in [-0.39, 0.29) is 12.2 Å². The predicted molar refractivity (Wildman–Crippen MR) is 91.6 cm³/mol. The molecule has 0 spiro atoms. The van der Waals surface area contributed by atoms with Crippen LogP contribution in [0.5, 0.6) is 5.75 Å². The second-order valence-corrected chi connectivity index (χ2v) is 6.17. The Morgan fingerprint density at radius 3 is 2.17 bits per heavy atom. The molecule has 0 bridgehead atoms. The third kappa shape index (κ3) is 3.76. The first kappa shape index (κ1) is 16.5. The summed E-state index contributed by atoms with van der Waals surface area (Å²) in [6, 6.07) is 17.5. The van der Waals surface area contributed by atoms with Crippen molar-refractivity contribution in [3.63, 3.8) is 0 Å².